The molecule has 1 atom stereocenters. The topological polar surface area (TPSA) is 49.7 Å². The van der Waals surface area contributed by atoms with Crippen LogP contribution >= 0.6 is 0 Å². The average Bonchev–Trinajstić information content (AvgIpc) is 2.14. The fourth-order valence-corrected chi connectivity index (χ4v) is 0.470. The van der Waals surface area contributed by atoms with Crippen LogP contribution in [0, 0.1) is 0 Å². The highest BCUT2D eigenvalue weighted by Gasteiger charge is 1.93. The molecule has 74 valence electrons. The normalized spacial score (nSPS) is 11.3. The maximum absolute atomic E-state index is 7.62. The molecule has 0 amide bonds. The summed E-state index contributed by atoms with van der Waals surface area (Å²) in [5, 5.41) is 15.2. The SMILES string of the molecule is C=CCCC(C)OC.OCCO. The minimum absolute atomic E-state index is 0.125. The number of rotatable bonds is 5. The Morgan fingerprint density at radius 3 is 2.17 bits per heavy atom. The zero-order chi connectivity index (χ0) is 9.82. The molecule has 0 spiro atoms. The predicted molar refractivity (Wildman–Crippen MR) is 50.1 cm³/mol. The first kappa shape index (κ1) is 14.2. The van der Waals surface area contributed by atoms with Crippen molar-refractivity contribution < 1.29 is 14.9 Å². The van der Waals surface area contributed by atoms with Gasteiger partial charge >= 0.3 is 0 Å². The number of ether oxygens (including phenoxy) is 1. The van der Waals surface area contributed by atoms with Gasteiger partial charge in [-0.3, -0.25) is 0 Å². The van der Waals surface area contributed by atoms with Gasteiger partial charge in [-0.05, 0) is 19.8 Å². The molecule has 3 nitrogen and oxygen atoms in total. The maximum atomic E-state index is 7.62. The van der Waals surface area contributed by atoms with Gasteiger partial charge in [0.15, 0.2) is 0 Å². The van der Waals surface area contributed by atoms with Crippen molar-refractivity contribution in [2.75, 3.05) is 20.3 Å². The highest BCUT2D eigenvalue weighted by Crippen LogP contribution is 1.98. The van der Waals surface area contributed by atoms with Gasteiger partial charge in [-0.1, -0.05) is 6.08 Å². The molecule has 0 aliphatic heterocycles. The molecule has 0 heterocycles. The summed E-state index contributed by atoms with van der Waals surface area (Å²) >= 11 is 0. The summed E-state index contributed by atoms with van der Waals surface area (Å²) in [7, 11) is 1.73. The Labute approximate surface area is 74.7 Å². The van der Waals surface area contributed by atoms with Crippen molar-refractivity contribution in [3.05, 3.63) is 12.7 Å². The number of allylic oxidation sites excluding steroid dienone is 1. The summed E-state index contributed by atoms with van der Waals surface area (Å²) in [5.74, 6) is 0. The van der Waals surface area contributed by atoms with E-state index in [0.29, 0.717) is 6.10 Å². The number of hydrogen-bond donors (Lipinski definition) is 2. The van der Waals surface area contributed by atoms with E-state index in [1.165, 1.54) is 0 Å². The highest BCUT2D eigenvalue weighted by molar-refractivity contribution is 4.67. The Hall–Kier alpha value is -0.380. The molecular weight excluding hydrogens is 156 g/mol. The standard InChI is InChI=1S/C7H14O.C2H6O2/c1-4-5-6-7(2)8-3;3-1-2-4/h4,7H,1,5-6H2,2-3H3;3-4H,1-2H2. The first-order chi connectivity index (χ1) is 5.72. The Morgan fingerprint density at radius 1 is 1.42 bits per heavy atom. The van der Waals surface area contributed by atoms with Crippen LogP contribution in [0.1, 0.15) is 19.8 Å². The summed E-state index contributed by atoms with van der Waals surface area (Å²) < 4.78 is 5.00. The van der Waals surface area contributed by atoms with Crippen molar-refractivity contribution in [2.24, 2.45) is 0 Å². The second kappa shape index (κ2) is 13.2. The lowest BCUT2D eigenvalue weighted by molar-refractivity contribution is 0.112. The largest absolute Gasteiger partial charge is 0.394 e. The molecule has 0 aromatic heterocycles. The monoisotopic (exact) mass is 176 g/mol. The Kier molecular flexibility index (Phi) is 15.6. The van der Waals surface area contributed by atoms with Crippen molar-refractivity contribution in [3.63, 3.8) is 0 Å². The number of aliphatic hydroxyl groups is 2. The van der Waals surface area contributed by atoms with Gasteiger partial charge < -0.3 is 14.9 Å². The first-order valence-electron chi connectivity index (χ1n) is 4.08. The zero-order valence-electron chi connectivity index (χ0n) is 7.99. The van der Waals surface area contributed by atoms with Crippen LogP contribution in [-0.2, 0) is 4.74 Å². The van der Waals surface area contributed by atoms with Crippen LogP contribution in [0.25, 0.3) is 0 Å². The molecule has 0 aliphatic carbocycles. The summed E-state index contributed by atoms with van der Waals surface area (Å²) in [6.45, 7) is 5.42. The van der Waals surface area contributed by atoms with Crippen molar-refractivity contribution in [1.82, 2.24) is 0 Å². The number of methoxy groups -OCH3 is 1. The molecule has 0 bridgehead atoms. The summed E-state index contributed by atoms with van der Waals surface area (Å²) in [6, 6.07) is 0. The van der Waals surface area contributed by atoms with Gasteiger partial charge in [0.1, 0.15) is 0 Å². The third-order valence-corrected chi connectivity index (χ3v) is 1.28. The zero-order valence-corrected chi connectivity index (χ0v) is 7.99. The van der Waals surface area contributed by atoms with Crippen LogP contribution in [0.5, 0.6) is 0 Å². The summed E-state index contributed by atoms with van der Waals surface area (Å²) in [4.78, 5) is 0. The second-order valence-electron chi connectivity index (χ2n) is 2.36. The molecule has 1 unspecified atom stereocenters. The van der Waals surface area contributed by atoms with Crippen molar-refractivity contribution >= 4 is 0 Å². The van der Waals surface area contributed by atoms with Crippen LogP contribution in [0.2, 0.25) is 0 Å². The van der Waals surface area contributed by atoms with E-state index in [9.17, 15) is 0 Å². The van der Waals surface area contributed by atoms with Crippen LogP contribution in [-0.4, -0.2) is 36.6 Å². The van der Waals surface area contributed by atoms with Crippen LogP contribution in [0.3, 0.4) is 0 Å². The lowest BCUT2D eigenvalue weighted by atomic mass is 10.2. The minimum atomic E-state index is -0.125. The smallest absolute Gasteiger partial charge is 0.0662 e. The quantitative estimate of drug-likeness (QED) is 0.613. The molecule has 0 aromatic rings. The average molecular weight is 176 g/mol. The molecule has 0 saturated heterocycles. The fourth-order valence-electron chi connectivity index (χ4n) is 0.470. The summed E-state index contributed by atoms with van der Waals surface area (Å²) in [6.07, 6.45) is 4.43. The number of aliphatic hydroxyl groups excluding tert-OH is 2. The maximum Gasteiger partial charge on any atom is 0.0662 e. The van der Waals surface area contributed by atoms with Gasteiger partial charge in [0.2, 0.25) is 0 Å². The molecule has 3 heteroatoms. The molecule has 0 aliphatic rings. The van der Waals surface area contributed by atoms with Crippen LogP contribution in [0.4, 0.5) is 0 Å². The van der Waals surface area contributed by atoms with Gasteiger partial charge in [-0.15, -0.1) is 6.58 Å². The van der Waals surface area contributed by atoms with E-state index in [0.717, 1.165) is 12.8 Å². The number of hydrogen-bond acceptors (Lipinski definition) is 3. The fraction of sp³-hybridized carbons (Fsp3) is 0.778. The van der Waals surface area contributed by atoms with E-state index >= 15 is 0 Å². The van der Waals surface area contributed by atoms with E-state index in [-0.39, 0.29) is 13.2 Å². The molecule has 0 fully saturated rings. The third-order valence-electron chi connectivity index (χ3n) is 1.28. The van der Waals surface area contributed by atoms with E-state index in [2.05, 4.69) is 13.5 Å². The van der Waals surface area contributed by atoms with Gasteiger partial charge in [-0.2, -0.15) is 0 Å². The first-order valence-corrected chi connectivity index (χ1v) is 4.08. The van der Waals surface area contributed by atoms with Gasteiger partial charge in [0, 0.05) is 7.11 Å². The second-order valence-corrected chi connectivity index (χ2v) is 2.36. The molecule has 0 saturated carbocycles. The predicted octanol–water partition coefficient (Wildman–Crippen LogP) is 0.958. The molecule has 0 rings (SSSR count). The molecular formula is C9H20O3. The van der Waals surface area contributed by atoms with E-state index in [4.69, 9.17) is 14.9 Å². The molecule has 0 radical (unpaired) electrons. The third kappa shape index (κ3) is 16.3. The lowest BCUT2D eigenvalue weighted by Gasteiger charge is -2.04. The van der Waals surface area contributed by atoms with Gasteiger partial charge in [0.25, 0.3) is 0 Å². The summed E-state index contributed by atoms with van der Waals surface area (Å²) in [5.41, 5.74) is 0. The van der Waals surface area contributed by atoms with Crippen LogP contribution < -0.4 is 0 Å². The van der Waals surface area contributed by atoms with Crippen molar-refractivity contribution in [3.8, 4) is 0 Å². The molecule has 12 heavy (non-hydrogen) atoms. The van der Waals surface area contributed by atoms with E-state index < -0.39 is 0 Å². The van der Waals surface area contributed by atoms with Crippen molar-refractivity contribution in [2.45, 2.75) is 25.9 Å². The van der Waals surface area contributed by atoms with Gasteiger partial charge in [0.05, 0.1) is 19.3 Å². The molecule has 2 N–H and O–H groups in total. The molecule has 0 aromatic carbocycles. The Balaban J connectivity index is 0. The minimum Gasteiger partial charge on any atom is -0.394 e. The highest BCUT2D eigenvalue weighted by atomic mass is 16.5. The lowest BCUT2D eigenvalue weighted by Crippen LogP contribution is -2.02. The van der Waals surface area contributed by atoms with E-state index in [1.54, 1.807) is 7.11 Å². The van der Waals surface area contributed by atoms with Crippen LogP contribution in [0.15, 0.2) is 12.7 Å². The Bertz CT molecular complexity index is 81.8. The van der Waals surface area contributed by atoms with Gasteiger partial charge in [-0.25, -0.2) is 0 Å². The van der Waals surface area contributed by atoms with E-state index in [1.807, 2.05) is 6.08 Å². The Morgan fingerprint density at radius 2 is 1.92 bits per heavy atom. The van der Waals surface area contributed by atoms with Crippen molar-refractivity contribution in [1.29, 1.82) is 0 Å².